The first-order valence-corrected chi connectivity index (χ1v) is 9.55. The summed E-state index contributed by atoms with van der Waals surface area (Å²) in [7, 11) is -3.02. The first-order chi connectivity index (χ1) is 10.5. The minimum atomic E-state index is -3.02. The monoisotopic (exact) mass is 322 g/mol. The molecule has 0 saturated carbocycles. The van der Waals surface area contributed by atoms with Gasteiger partial charge in [0.25, 0.3) is 0 Å². The lowest BCUT2D eigenvalue weighted by Gasteiger charge is -2.31. The van der Waals surface area contributed by atoms with E-state index in [9.17, 15) is 8.42 Å². The van der Waals surface area contributed by atoms with Crippen molar-refractivity contribution in [1.82, 2.24) is 9.62 Å². The van der Waals surface area contributed by atoms with Crippen LogP contribution in [0.25, 0.3) is 6.08 Å². The van der Waals surface area contributed by atoms with E-state index < -0.39 is 10.0 Å². The van der Waals surface area contributed by atoms with Gasteiger partial charge in [-0.15, -0.1) is 0 Å². The quantitative estimate of drug-likeness (QED) is 0.875. The van der Waals surface area contributed by atoms with E-state index in [0.29, 0.717) is 19.1 Å². The number of nitrogens with zero attached hydrogens (tertiary/aromatic N) is 1. The summed E-state index contributed by atoms with van der Waals surface area (Å²) >= 11 is 0. The van der Waals surface area contributed by atoms with Crippen LogP contribution >= 0.6 is 0 Å². The largest absolute Gasteiger partial charge is 0.310 e. The first-order valence-electron chi connectivity index (χ1n) is 7.94. The summed E-state index contributed by atoms with van der Waals surface area (Å²) in [5.74, 6) is 0.198. The molecule has 1 aliphatic rings. The highest BCUT2D eigenvalue weighted by Crippen LogP contribution is 2.15. The van der Waals surface area contributed by atoms with E-state index in [-0.39, 0.29) is 5.75 Å². The second-order valence-electron chi connectivity index (χ2n) is 5.86. The molecule has 1 aromatic carbocycles. The number of benzene rings is 1. The molecule has 1 fully saturated rings. The standard InChI is InChI=1S/C17H26N2O2S/c1-3-22(20,21)19-11-9-17(10-12-19)18-14-15(2)13-16-7-5-4-6-8-16/h4-8,13,17-18H,3,9-12,14H2,1-2H3. The van der Waals surface area contributed by atoms with Gasteiger partial charge in [0.05, 0.1) is 5.75 Å². The molecule has 1 heterocycles. The molecule has 1 N–H and O–H groups in total. The maximum atomic E-state index is 11.8. The molecular formula is C17H26N2O2S. The third-order valence-corrected chi connectivity index (χ3v) is 5.98. The summed E-state index contributed by atoms with van der Waals surface area (Å²) in [4.78, 5) is 0. The van der Waals surface area contributed by atoms with E-state index >= 15 is 0 Å². The van der Waals surface area contributed by atoms with Crippen molar-refractivity contribution in [3.8, 4) is 0 Å². The minimum absolute atomic E-state index is 0.198. The predicted molar refractivity (Wildman–Crippen MR) is 92.2 cm³/mol. The summed E-state index contributed by atoms with van der Waals surface area (Å²) in [6.07, 6.45) is 3.96. The van der Waals surface area contributed by atoms with E-state index in [1.807, 2.05) is 18.2 Å². The van der Waals surface area contributed by atoms with Gasteiger partial charge in [-0.3, -0.25) is 0 Å². The van der Waals surface area contributed by atoms with Crippen LogP contribution in [-0.4, -0.2) is 44.2 Å². The Labute approximate surface area is 134 Å². The van der Waals surface area contributed by atoms with Crippen LogP contribution in [0.1, 0.15) is 32.3 Å². The molecule has 0 unspecified atom stereocenters. The Balaban J connectivity index is 1.78. The molecule has 22 heavy (non-hydrogen) atoms. The van der Waals surface area contributed by atoms with Crippen molar-refractivity contribution in [3.63, 3.8) is 0 Å². The SMILES string of the molecule is CCS(=O)(=O)N1CCC(NCC(C)=Cc2ccccc2)CC1. The van der Waals surface area contributed by atoms with Gasteiger partial charge in [-0.05, 0) is 32.3 Å². The highest BCUT2D eigenvalue weighted by Gasteiger charge is 2.26. The molecule has 4 nitrogen and oxygen atoms in total. The topological polar surface area (TPSA) is 49.4 Å². The number of rotatable bonds is 6. The maximum absolute atomic E-state index is 11.8. The Bertz CT molecular complexity index is 588. The summed E-state index contributed by atoms with van der Waals surface area (Å²) < 4.78 is 25.3. The summed E-state index contributed by atoms with van der Waals surface area (Å²) in [6, 6.07) is 10.7. The summed E-state index contributed by atoms with van der Waals surface area (Å²) in [6.45, 7) is 5.94. The van der Waals surface area contributed by atoms with Crippen molar-refractivity contribution < 1.29 is 8.42 Å². The molecule has 0 spiro atoms. The van der Waals surface area contributed by atoms with Gasteiger partial charge in [-0.2, -0.15) is 0 Å². The van der Waals surface area contributed by atoms with Gasteiger partial charge in [0.1, 0.15) is 0 Å². The Morgan fingerprint density at radius 1 is 1.27 bits per heavy atom. The molecule has 0 aliphatic carbocycles. The molecular weight excluding hydrogens is 296 g/mol. The Hall–Kier alpha value is -1.17. The van der Waals surface area contributed by atoms with Crippen LogP contribution in [0.3, 0.4) is 0 Å². The third-order valence-electron chi connectivity index (χ3n) is 4.09. The van der Waals surface area contributed by atoms with Crippen LogP contribution in [0.4, 0.5) is 0 Å². The number of nitrogens with one attached hydrogen (secondary N) is 1. The lowest BCUT2D eigenvalue weighted by Crippen LogP contribution is -2.45. The average molecular weight is 322 g/mol. The van der Waals surface area contributed by atoms with Gasteiger partial charge in [-0.25, -0.2) is 12.7 Å². The lowest BCUT2D eigenvalue weighted by molar-refractivity contribution is 0.294. The Morgan fingerprint density at radius 2 is 1.91 bits per heavy atom. The van der Waals surface area contributed by atoms with E-state index in [1.165, 1.54) is 11.1 Å². The predicted octanol–water partition coefficient (Wildman–Crippen LogP) is 2.49. The van der Waals surface area contributed by atoms with Crippen molar-refractivity contribution in [1.29, 1.82) is 0 Å². The number of piperidine rings is 1. The normalized spacial score (nSPS) is 18.5. The van der Waals surface area contributed by atoms with Gasteiger partial charge >= 0.3 is 0 Å². The van der Waals surface area contributed by atoms with Gasteiger partial charge in [0.15, 0.2) is 0 Å². The van der Waals surface area contributed by atoms with Crippen molar-refractivity contribution in [3.05, 3.63) is 41.5 Å². The zero-order chi connectivity index (χ0) is 16.0. The van der Waals surface area contributed by atoms with E-state index in [1.54, 1.807) is 11.2 Å². The fourth-order valence-corrected chi connectivity index (χ4v) is 3.84. The zero-order valence-electron chi connectivity index (χ0n) is 13.5. The number of sulfonamides is 1. The van der Waals surface area contributed by atoms with Crippen LogP contribution in [-0.2, 0) is 10.0 Å². The van der Waals surface area contributed by atoms with Gasteiger partial charge in [0, 0.05) is 25.7 Å². The second-order valence-corrected chi connectivity index (χ2v) is 8.11. The van der Waals surface area contributed by atoms with E-state index in [0.717, 1.165) is 19.4 Å². The van der Waals surface area contributed by atoms with Crippen molar-refractivity contribution in [2.75, 3.05) is 25.4 Å². The minimum Gasteiger partial charge on any atom is -0.310 e. The molecule has 5 heteroatoms. The van der Waals surface area contributed by atoms with Gasteiger partial charge in [0.2, 0.25) is 10.0 Å². The molecule has 2 rings (SSSR count). The fraction of sp³-hybridized carbons (Fsp3) is 0.529. The number of hydrogen-bond acceptors (Lipinski definition) is 3. The molecule has 122 valence electrons. The van der Waals surface area contributed by atoms with Crippen molar-refractivity contribution in [2.45, 2.75) is 32.7 Å². The first kappa shape index (κ1) is 17.2. The number of hydrogen-bond donors (Lipinski definition) is 1. The molecule has 0 radical (unpaired) electrons. The average Bonchev–Trinajstić information content (AvgIpc) is 2.54. The zero-order valence-corrected chi connectivity index (χ0v) is 14.3. The highest BCUT2D eigenvalue weighted by atomic mass is 32.2. The van der Waals surface area contributed by atoms with Crippen molar-refractivity contribution >= 4 is 16.1 Å². The maximum Gasteiger partial charge on any atom is 0.213 e. The van der Waals surface area contributed by atoms with Crippen LogP contribution in [0.15, 0.2) is 35.9 Å². The second kappa shape index (κ2) is 7.90. The Kier molecular flexibility index (Phi) is 6.17. The molecule has 0 aromatic heterocycles. The fourth-order valence-electron chi connectivity index (χ4n) is 2.71. The molecule has 0 amide bonds. The van der Waals surface area contributed by atoms with Crippen molar-refractivity contribution in [2.24, 2.45) is 0 Å². The Morgan fingerprint density at radius 3 is 2.50 bits per heavy atom. The van der Waals surface area contributed by atoms with Crippen LogP contribution in [0.5, 0.6) is 0 Å². The molecule has 1 aromatic rings. The molecule has 1 aliphatic heterocycles. The highest BCUT2D eigenvalue weighted by molar-refractivity contribution is 7.89. The van der Waals surface area contributed by atoms with Gasteiger partial charge in [-0.1, -0.05) is 42.0 Å². The van der Waals surface area contributed by atoms with Gasteiger partial charge < -0.3 is 5.32 Å². The van der Waals surface area contributed by atoms with Crippen LogP contribution in [0, 0.1) is 0 Å². The van der Waals surface area contributed by atoms with E-state index in [2.05, 4.69) is 30.4 Å². The van der Waals surface area contributed by atoms with Crippen LogP contribution < -0.4 is 5.32 Å². The molecule has 0 bridgehead atoms. The smallest absolute Gasteiger partial charge is 0.213 e. The molecule has 0 atom stereocenters. The molecule has 1 saturated heterocycles. The van der Waals surface area contributed by atoms with Crippen LogP contribution in [0.2, 0.25) is 0 Å². The summed E-state index contributed by atoms with van der Waals surface area (Å²) in [5.41, 5.74) is 2.50. The summed E-state index contributed by atoms with van der Waals surface area (Å²) in [5, 5.41) is 3.54. The third kappa shape index (κ3) is 4.93. The lowest BCUT2D eigenvalue weighted by atomic mass is 10.1. The van der Waals surface area contributed by atoms with E-state index in [4.69, 9.17) is 0 Å².